The molecule has 0 aliphatic heterocycles. The van der Waals surface area contributed by atoms with E-state index in [0.717, 1.165) is 0 Å². The molecule has 1 saturated carbocycles. The van der Waals surface area contributed by atoms with Crippen molar-refractivity contribution < 1.29 is 0 Å². The van der Waals surface area contributed by atoms with Crippen molar-refractivity contribution in [3.8, 4) is 0 Å². The van der Waals surface area contributed by atoms with Crippen LogP contribution in [0.4, 0.5) is 0 Å². The molecule has 0 bridgehead atoms. The summed E-state index contributed by atoms with van der Waals surface area (Å²) in [5.41, 5.74) is 0. The van der Waals surface area contributed by atoms with Crippen LogP contribution in [0.3, 0.4) is 0 Å². The molecule has 1 aliphatic carbocycles. The molecule has 13 heavy (non-hydrogen) atoms. The average molecular weight is 180 g/mol. The Morgan fingerprint density at radius 3 is 0.692 bits per heavy atom. The lowest BCUT2D eigenvalue weighted by atomic mass is 10.4. The third-order valence-electron chi connectivity index (χ3n) is 1.92. The van der Waals surface area contributed by atoms with Gasteiger partial charge in [0.25, 0.3) is 0 Å². The van der Waals surface area contributed by atoms with Gasteiger partial charge in [-0.15, -0.1) is 0 Å². The van der Waals surface area contributed by atoms with Gasteiger partial charge < -0.3 is 0 Å². The standard InChI is InChI=1S/C6H6.C5H10.2CH4/c1-2-4-6-5-3-1;1-2-4-5-3-1;;/h1-6H;1-5H2;2*1H4. The molecule has 0 heteroatoms. The smallest absolute Gasteiger partial charge is 0.0533 e. The van der Waals surface area contributed by atoms with Crippen LogP contribution in [-0.2, 0) is 0 Å². The minimum absolute atomic E-state index is 0. The molecule has 0 atom stereocenters. The van der Waals surface area contributed by atoms with E-state index in [9.17, 15) is 0 Å². The number of rotatable bonds is 0. The molecule has 1 fully saturated rings. The van der Waals surface area contributed by atoms with E-state index in [4.69, 9.17) is 0 Å². The zero-order valence-corrected chi connectivity index (χ0v) is 7.00. The molecule has 2 rings (SSSR count). The third-order valence-corrected chi connectivity index (χ3v) is 1.92. The number of benzene rings is 1. The van der Waals surface area contributed by atoms with Crippen molar-refractivity contribution in [2.75, 3.05) is 0 Å². The summed E-state index contributed by atoms with van der Waals surface area (Å²) in [5.74, 6) is 0. The first kappa shape index (κ1) is 14.7. The second kappa shape index (κ2) is 11.2. The number of hydrogen-bond acceptors (Lipinski definition) is 0. The first-order chi connectivity index (χ1) is 5.50. The van der Waals surface area contributed by atoms with Gasteiger partial charge in [-0.1, -0.05) is 83.4 Å². The Hall–Kier alpha value is -0.780. The van der Waals surface area contributed by atoms with Gasteiger partial charge in [0.15, 0.2) is 0 Å². The second-order valence-electron chi connectivity index (χ2n) is 2.92. The van der Waals surface area contributed by atoms with E-state index in [0.29, 0.717) is 0 Å². The van der Waals surface area contributed by atoms with Crippen molar-refractivity contribution in [2.24, 2.45) is 0 Å². The van der Waals surface area contributed by atoms with Crippen LogP contribution in [0, 0.1) is 0 Å². The molecular formula is C13H24. The van der Waals surface area contributed by atoms with E-state index < -0.39 is 0 Å². The predicted octanol–water partition coefficient (Wildman–Crippen LogP) is 4.91. The van der Waals surface area contributed by atoms with Crippen LogP contribution >= 0.6 is 0 Å². The van der Waals surface area contributed by atoms with Gasteiger partial charge in [-0.3, -0.25) is 0 Å². The van der Waals surface area contributed by atoms with E-state index in [2.05, 4.69) is 0 Å². The minimum Gasteiger partial charge on any atom is -0.0776 e. The molecule has 0 nitrogen and oxygen atoms in total. The fourth-order valence-corrected chi connectivity index (χ4v) is 1.27. The molecule has 0 radical (unpaired) electrons. The molecular weight excluding hydrogens is 156 g/mol. The van der Waals surface area contributed by atoms with Gasteiger partial charge in [0.2, 0.25) is 0 Å². The zero-order chi connectivity index (χ0) is 7.78. The van der Waals surface area contributed by atoms with Gasteiger partial charge in [0, 0.05) is 0 Å². The lowest BCUT2D eigenvalue weighted by molar-refractivity contribution is 0.886. The van der Waals surface area contributed by atoms with Crippen LogP contribution in [0.2, 0.25) is 0 Å². The molecule has 0 spiro atoms. The highest BCUT2D eigenvalue weighted by Crippen LogP contribution is 2.15. The van der Waals surface area contributed by atoms with Crippen molar-refractivity contribution in [1.29, 1.82) is 0 Å². The molecule has 1 aliphatic rings. The molecule has 0 unspecified atom stereocenters. The van der Waals surface area contributed by atoms with Gasteiger partial charge in [0.05, 0.1) is 0 Å². The largest absolute Gasteiger partial charge is 0.0776 e. The summed E-state index contributed by atoms with van der Waals surface area (Å²) in [7, 11) is 0. The zero-order valence-electron chi connectivity index (χ0n) is 7.00. The van der Waals surface area contributed by atoms with Crippen LogP contribution in [0.5, 0.6) is 0 Å². The third kappa shape index (κ3) is 9.13. The van der Waals surface area contributed by atoms with Gasteiger partial charge in [-0.05, 0) is 0 Å². The molecule has 1 aromatic carbocycles. The predicted molar refractivity (Wildman–Crippen MR) is 63.0 cm³/mol. The van der Waals surface area contributed by atoms with Crippen molar-refractivity contribution in [1.82, 2.24) is 0 Å². The summed E-state index contributed by atoms with van der Waals surface area (Å²) >= 11 is 0. The van der Waals surface area contributed by atoms with E-state index in [1.807, 2.05) is 36.4 Å². The summed E-state index contributed by atoms with van der Waals surface area (Å²) in [4.78, 5) is 0. The van der Waals surface area contributed by atoms with Gasteiger partial charge in [-0.25, -0.2) is 0 Å². The topological polar surface area (TPSA) is 0 Å². The molecule has 76 valence electrons. The first-order valence-corrected chi connectivity index (χ1v) is 4.50. The monoisotopic (exact) mass is 180 g/mol. The first-order valence-electron chi connectivity index (χ1n) is 4.50. The van der Waals surface area contributed by atoms with Crippen molar-refractivity contribution in [3.05, 3.63) is 36.4 Å². The molecule has 1 aromatic rings. The highest BCUT2D eigenvalue weighted by atomic mass is 14.0. The van der Waals surface area contributed by atoms with Gasteiger partial charge in [0.1, 0.15) is 0 Å². The molecule has 0 N–H and O–H groups in total. The Morgan fingerprint density at radius 2 is 0.538 bits per heavy atom. The lowest BCUT2D eigenvalue weighted by Crippen LogP contribution is -1.47. The quantitative estimate of drug-likeness (QED) is 0.532. The normalized spacial score (nSPS) is 12.9. The van der Waals surface area contributed by atoms with Crippen molar-refractivity contribution >= 4 is 0 Å². The van der Waals surface area contributed by atoms with Gasteiger partial charge >= 0.3 is 0 Å². The van der Waals surface area contributed by atoms with E-state index in [-0.39, 0.29) is 14.9 Å². The summed E-state index contributed by atoms with van der Waals surface area (Å²) < 4.78 is 0. The highest BCUT2D eigenvalue weighted by molar-refractivity contribution is 4.99. The number of hydrogen-bond donors (Lipinski definition) is 0. The molecule has 0 heterocycles. The van der Waals surface area contributed by atoms with Crippen molar-refractivity contribution in [3.63, 3.8) is 0 Å². The fraction of sp³-hybridized carbons (Fsp3) is 0.538. The maximum absolute atomic E-state index is 2.00. The van der Waals surface area contributed by atoms with E-state index in [1.165, 1.54) is 32.1 Å². The molecule has 0 amide bonds. The molecule has 0 saturated heterocycles. The second-order valence-corrected chi connectivity index (χ2v) is 2.92. The summed E-state index contributed by atoms with van der Waals surface area (Å²) in [6, 6.07) is 12.0. The minimum atomic E-state index is 0. The summed E-state index contributed by atoms with van der Waals surface area (Å²) in [6.07, 6.45) is 7.50. The summed E-state index contributed by atoms with van der Waals surface area (Å²) in [5, 5.41) is 0. The average Bonchev–Trinajstić information content (AvgIpc) is 2.64. The SMILES string of the molecule is C.C.C1CCCC1.c1ccccc1. The highest BCUT2D eigenvalue weighted by Gasteiger charge is 1.95. The fourth-order valence-electron chi connectivity index (χ4n) is 1.27. The van der Waals surface area contributed by atoms with Crippen LogP contribution in [-0.4, -0.2) is 0 Å². The maximum atomic E-state index is 2.00. The summed E-state index contributed by atoms with van der Waals surface area (Å²) in [6.45, 7) is 0. The van der Waals surface area contributed by atoms with Gasteiger partial charge in [-0.2, -0.15) is 0 Å². The van der Waals surface area contributed by atoms with E-state index in [1.54, 1.807) is 0 Å². The van der Waals surface area contributed by atoms with Crippen molar-refractivity contribution in [2.45, 2.75) is 47.0 Å². The Morgan fingerprint density at radius 1 is 0.385 bits per heavy atom. The van der Waals surface area contributed by atoms with Crippen LogP contribution in [0.15, 0.2) is 36.4 Å². The maximum Gasteiger partial charge on any atom is -0.0533 e. The lowest BCUT2D eigenvalue weighted by Gasteiger charge is -1.69. The molecule has 0 aromatic heterocycles. The Bertz CT molecular complexity index is 117. The van der Waals surface area contributed by atoms with Crippen LogP contribution in [0.1, 0.15) is 47.0 Å². The Balaban J connectivity index is 0. The Labute approximate surface area is 84.0 Å². The Kier molecular flexibility index (Phi) is 12.7. The van der Waals surface area contributed by atoms with Crippen LogP contribution < -0.4 is 0 Å². The van der Waals surface area contributed by atoms with Crippen LogP contribution in [0.25, 0.3) is 0 Å². The van der Waals surface area contributed by atoms with E-state index >= 15 is 0 Å².